The van der Waals surface area contributed by atoms with Crippen LogP contribution in [0, 0.1) is 0 Å². The van der Waals surface area contributed by atoms with Gasteiger partial charge in [-0.25, -0.2) is 0 Å². The lowest BCUT2D eigenvalue weighted by molar-refractivity contribution is 0.0372. The molecule has 0 bridgehead atoms. The monoisotopic (exact) mass is 727 g/mol. The topological polar surface area (TPSA) is 135 Å². The first-order chi connectivity index (χ1) is 27.1. The molecule has 6 heterocycles. The van der Waals surface area contributed by atoms with Gasteiger partial charge in [0.1, 0.15) is 0 Å². The molecule has 9 aromatic rings. The fourth-order valence-electron chi connectivity index (χ4n) is 7.21. The normalized spacial score (nSPS) is 14.3. The first-order valence-corrected chi connectivity index (χ1v) is 18.4. The third-order valence-corrected chi connectivity index (χ3v) is 10.1. The summed E-state index contributed by atoms with van der Waals surface area (Å²) in [6.45, 7) is 4.01. The van der Waals surface area contributed by atoms with Crippen LogP contribution in [0.1, 0.15) is 5.56 Å². The van der Waals surface area contributed by atoms with Crippen molar-refractivity contribution in [3.05, 3.63) is 128 Å². The van der Waals surface area contributed by atoms with Gasteiger partial charge in [-0.15, -0.1) is 0 Å². The Morgan fingerprint density at radius 3 is 1.87 bits per heavy atom. The second-order valence-corrected chi connectivity index (χ2v) is 13.8. The van der Waals surface area contributed by atoms with Gasteiger partial charge in [0.05, 0.1) is 41.0 Å². The van der Waals surface area contributed by atoms with Gasteiger partial charge in [0.15, 0.2) is 0 Å². The molecule has 1 atom stereocenters. The molecule has 274 valence electrons. The molecule has 0 amide bonds. The van der Waals surface area contributed by atoms with Crippen molar-refractivity contribution in [2.75, 3.05) is 36.9 Å². The summed E-state index contributed by atoms with van der Waals surface area (Å²) in [4.78, 5) is 18.3. The van der Waals surface area contributed by atoms with E-state index < -0.39 is 0 Å². The number of hydrogen-bond donors (Lipinski definition) is 4. The number of aryl methyl sites for hydroxylation is 2. The smallest absolute Gasteiger partial charge is 0.0966 e. The minimum Gasteiger partial charge on any atom is -0.382 e. The molecule has 4 aromatic carbocycles. The van der Waals surface area contributed by atoms with Crippen molar-refractivity contribution in [3.63, 3.8) is 0 Å². The number of nitrogens with one attached hydrogen (secondary N) is 4. The zero-order chi connectivity index (χ0) is 37.1. The second-order valence-electron chi connectivity index (χ2n) is 13.8. The van der Waals surface area contributed by atoms with Crippen LogP contribution < -0.4 is 16.0 Å². The van der Waals surface area contributed by atoms with Crippen molar-refractivity contribution in [1.29, 1.82) is 0 Å². The number of fused-ring (bicyclic) bond motifs is 4. The van der Waals surface area contributed by atoms with E-state index in [0.29, 0.717) is 6.54 Å². The minimum atomic E-state index is 0.175. The van der Waals surface area contributed by atoms with E-state index in [0.717, 1.165) is 87.5 Å². The lowest BCUT2D eigenvalue weighted by atomic mass is 10.0. The largest absolute Gasteiger partial charge is 0.382 e. The second kappa shape index (κ2) is 15.0. The third-order valence-electron chi connectivity index (χ3n) is 10.1. The highest BCUT2D eigenvalue weighted by atomic mass is 16.5. The molecule has 10 rings (SSSR count). The van der Waals surface area contributed by atoms with Gasteiger partial charge in [0.2, 0.25) is 0 Å². The standard InChI is InChI=1S/C22H23N5O.C21H18N6/c1-27-8-4-15-2-3-16(10-21(15)27)19-11-17(12-20-22(19)25-6-5-24-20)26-14-18-13-23-7-9-28-18;1-27-7-4-15-2-3-16(8-20(15)27)18-9-17(24-11-14-12-25-26-13-14)10-19-21(18)23-6-5-22-19/h2-6,8,10-12,18,23,26H,7,9,13-14H2,1H3;2-10,12-13,24H,11H2,1H3,(H,25,26). The molecule has 1 saturated heterocycles. The maximum absolute atomic E-state index is 5.80. The van der Waals surface area contributed by atoms with Crippen LogP contribution in [0.25, 0.3) is 66.1 Å². The predicted octanol–water partition coefficient (Wildman–Crippen LogP) is 7.31. The Morgan fingerprint density at radius 1 is 0.709 bits per heavy atom. The van der Waals surface area contributed by atoms with Crippen molar-refractivity contribution in [2.45, 2.75) is 12.6 Å². The molecule has 0 aliphatic carbocycles. The zero-order valence-corrected chi connectivity index (χ0v) is 30.7. The Bertz CT molecular complexity index is 2750. The van der Waals surface area contributed by atoms with Crippen LogP contribution in [0.2, 0.25) is 0 Å². The van der Waals surface area contributed by atoms with Crippen molar-refractivity contribution in [2.24, 2.45) is 14.1 Å². The molecule has 12 nitrogen and oxygen atoms in total. The first-order valence-electron chi connectivity index (χ1n) is 18.4. The summed E-state index contributed by atoms with van der Waals surface area (Å²) in [6.07, 6.45) is 15.0. The average Bonchev–Trinajstić information content (AvgIpc) is 3.99. The summed E-state index contributed by atoms with van der Waals surface area (Å²) < 4.78 is 10.1. The van der Waals surface area contributed by atoms with Gasteiger partial charge in [-0.05, 0) is 70.4 Å². The number of rotatable bonds is 8. The number of ether oxygens (including phenoxy) is 1. The van der Waals surface area contributed by atoms with Gasteiger partial charge < -0.3 is 29.8 Å². The number of aromatic amines is 1. The van der Waals surface area contributed by atoms with E-state index in [-0.39, 0.29) is 6.10 Å². The van der Waals surface area contributed by atoms with E-state index >= 15 is 0 Å². The molecule has 5 aromatic heterocycles. The molecule has 0 radical (unpaired) electrons. The van der Waals surface area contributed by atoms with Crippen LogP contribution in [0.3, 0.4) is 0 Å². The van der Waals surface area contributed by atoms with Crippen LogP contribution in [-0.2, 0) is 25.4 Å². The highest BCUT2D eigenvalue weighted by Crippen LogP contribution is 2.34. The van der Waals surface area contributed by atoms with Gasteiger partial charge in [-0.2, -0.15) is 5.10 Å². The van der Waals surface area contributed by atoms with Crippen molar-refractivity contribution in [3.8, 4) is 22.3 Å². The Balaban J connectivity index is 0.000000144. The molecule has 12 heteroatoms. The van der Waals surface area contributed by atoms with Crippen molar-refractivity contribution in [1.82, 2.24) is 44.6 Å². The fourth-order valence-corrected chi connectivity index (χ4v) is 7.21. The number of benzene rings is 4. The van der Waals surface area contributed by atoms with E-state index in [1.807, 2.05) is 18.5 Å². The average molecular weight is 728 g/mol. The van der Waals surface area contributed by atoms with Gasteiger partial charge in [0, 0.05) is 123 Å². The SMILES string of the molecule is Cn1ccc2ccc(-c3cc(NCC4CNCCO4)cc4nccnc34)cc21.Cn1ccc2ccc(-c3cc(NCc4cn[nH]c4)cc4nccnc34)cc21. The van der Waals surface area contributed by atoms with Gasteiger partial charge >= 0.3 is 0 Å². The highest BCUT2D eigenvalue weighted by molar-refractivity contribution is 5.98. The van der Waals surface area contributed by atoms with Gasteiger partial charge in [0.25, 0.3) is 0 Å². The minimum absolute atomic E-state index is 0.175. The van der Waals surface area contributed by atoms with E-state index in [4.69, 9.17) is 4.74 Å². The number of nitrogens with zero attached hydrogens (tertiary/aromatic N) is 7. The number of hydrogen-bond acceptors (Lipinski definition) is 9. The molecule has 1 unspecified atom stereocenters. The summed E-state index contributed by atoms with van der Waals surface area (Å²) in [5, 5.41) is 19.6. The number of aromatic nitrogens is 8. The number of morpholine rings is 1. The van der Waals surface area contributed by atoms with Crippen molar-refractivity contribution < 1.29 is 4.74 Å². The van der Waals surface area contributed by atoms with Crippen molar-refractivity contribution >= 4 is 55.2 Å². The maximum atomic E-state index is 5.80. The molecule has 1 aliphatic heterocycles. The highest BCUT2D eigenvalue weighted by Gasteiger charge is 2.15. The fraction of sp³-hybridized carbons (Fsp3) is 0.186. The van der Waals surface area contributed by atoms with E-state index in [1.165, 1.54) is 21.8 Å². The molecule has 4 N–H and O–H groups in total. The van der Waals surface area contributed by atoms with Crippen LogP contribution >= 0.6 is 0 Å². The van der Waals surface area contributed by atoms with Crippen LogP contribution in [0.5, 0.6) is 0 Å². The van der Waals surface area contributed by atoms with E-state index in [2.05, 4.69) is 148 Å². The summed E-state index contributed by atoms with van der Waals surface area (Å²) in [7, 11) is 4.13. The summed E-state index contributed by atoms with van der Waals surface area (Å²) in [5.74, 6) is 0. The number of H-pyrrole nitrogens is 1. The van der Waals surface area contributed by atoms with E-state index in [9.17, 15) is 0 Å². The third kappa shape index (κ3) is 7.20. The maximum Gasteiger partial charge on any atom is 0.0966 e. The zero-order valence-electron chi connectivity index (χ0n) is 30.7. The molecular weight excluding hydrogens is 687 g/mol. The Kier molecular flexibility index (Phi) is 9.32. The predicted molar refractivity (Wildman–Crippen MR) is 220 cm³/mol. The Morgan fingerprint density at radius 2 is 1.31 bits per heavy atom. The first kappa shape index (κ1) is 34.2. The Labute approximate surface area is 317 Å². The molecule has 1 fully saturated rings. The molecule has 1 aliphatic rings. The Hall–Kier alpha value is -6.63. The van der Waals surface area contributed by atoms with Gasteiger partial charge in [-0.3, -0.25) is 25.0 Å². The summed E-state index contributed by atoms with van der Waals surface area (Å²) in [6, 6.07) is 25.7. The van der Waals surface area contributed by atoms with E-state index in [1.54, 1.807) is 24.8 Å². The summed E-state index contributed by atoms with van der Waals surface area (Å²) in [5.41, 5.74) is 13.5. The summed E-state index contributed by atoms with van der Waals surface area (Å²) >= 11 is 0. The molecule has 55 heavy (non-hydrogen) atoms. The number of anilines is 2. The van der Waals surface area contributed by atoms with Gasteiger partial charge in [-0.1, -0.05) is 24.3 Å². The molecule has 0 saturated carbocycles. The van der Waals surface area contributed by atoms with Crippen LogP contribution in [0.4, 0.5) is 11.4 Å². The quantitative estimate of drug-likeness (QED) is 0.127. The van der Waals surface area contributed by atoms with Crippen LogP contribution in [0.15, 0.2) is 122 Å². The van der Waals surface area contributed by atoms with Crippen LogP contribution in [-0.4, -0.2) is 71.6 Å². The lowest BCUT2D eigenvalue weighted by Gasteiger charge is -2.24. The molecule has 0 spiro atoms. The molecular formula is C43H41N11O. The lowest BCUT2D eigenvalue weighted by Crippen LogP contribution is -2.42.